The third-order valence-corrected chi connectivity index (χ3v) is 5.53. The van der Waals surface area contributed by atoms with E-state index in [0.717, 1.165) is 16.0 Å². The first kappa shape index (κ1) is 24.8. The molecule has 3 aromatic rings. The molecule has 3 rings (SSSR count). The van der Waals surface area contributed by atoms with Gasteiger partial charge in [0, 0.05) is 12.2 Å². The molecule has 0 saturated heterocycles. The van der Waals surface area contributed by atoms with Crippen molar-refractivity contribution in [1.82, 2.24) is 10.3 Å². The molecule has 1 heterocycles. The Balaban J connectivity index is 0.00000341. The topological polar surface area (TPSA) is 97.5 Å². The second-order valence-corrected chi connectivity index (χ2v) is 8.21. The molecule has 0 aliphatic rings. The zero-order chi connectivity index (χ0) is 21.2. The van der Waals surface area contributed by atoms with E-state index < -0.39 is 18.2 Å². The summed E-state index contributed by atoms with van der Waals surface area (Å²) in [5, 5.41) is 13.7. The van der Waals surface area contributed by atoms with Gasteiger partial charge < -0.3 is 20.9 Å². The van der Waals surface area contributed by atoms with Crippen LogP contribution in [0.5, 0.6) is 0 Å². The molecule has 0 bridgehead atoms. The number of rotatable bonds is 10. The van der Waals surface area contributed by atoms with Gasteiger partial charge in [0.05, 0.1) is 22.5 Å². The number of amides is 1. The SMILES string of the molecule is Cl.N[C@@H](Cc1ccccc1)C[C@H](O)[C@@H](Cc1ccccc1)NC(=O)OCc1cncs1. The number of benzene rings is 2. The highest BCUT2D eigenvalue weighted by Gasteiger charge is 2.24. The number of nitrogens with one attached hydrogen (secondary N) is 1. The summed E-state index contributed by atoms with van der Waals surface area (Å²) in [4.78, 5) is 17.2. The number of aliphatic hydroxyl groups is 1. The molecule has 0 unspecified atom stereocenters. The van der Waals surface area contributed by atoms with Crippen LogP contribution in [0, 0.1) is 0 Å². The maximum Gasteiger partial charge on any atom is 0.407 e. The minimum absolute atomic E-state index is 0. The van der Waals surface area contributed by atoms with Gasteiger partial charge in [-0.2, -0.15) is 0 Å². The van der Waals surface area contributed by atoms with E-state index in [0.29, 0.717) is 19.3 Å². The largest absolute Gasteiger partial charge is 0.444 e. The molecule has 0 saturated carbocycles. The number of nitrogens with zero attached hydrogens (tertiary/aromatic N) is 1. The molecule has 8 heteroatoms. The number of hydrogen-bond donors (Lipinski definition) is 3. The number of ether oxygens (including phenoxy) is 1. The van der Waals surface area contributed by atoms with E-state index in [-0.39, 0.29) is 25.1 Å². The molecular formula is C23H28ClN3O3S. The minimum Gasteiger partial charge on any atom is -0.444 e. The summed E-state index contributed by atoms with van der Waals surface area (Å²) < 4.78 is 5.28. The zero-order valence-electron chi connectivity index (χ0n) is 17.1. The molecule has 6 nitrogen and oxygen atoms in total. The first-order chi connectivity index (χ1) is 14.6. The van der Waals surface area contributed by atoms with Gasteiger partial charge >= 0.3 is 6.09 Å². The number of carbonyl (C=O) groups is 1. The fraction of sp³-hybridized carbons (Fsp3) is 0.304. The van der Waals surface area contributed by atoms with Crippen LogP contribution in [0.3, 0.4) is 0 Å². The normalized spacial score (nSPS) is 13.5. The van der Waals surface area contributed by atoms with Crippen LogP contribution in [0.15, 0.2) is 72.4 Å². The highest BCUT2D eigenvalue weighted by molar-refractivity contribution is 7.09. The highest BCUT2D eigenvalue weighted by Crippen LogP contribution is 2.13. The van der Waals surface area contributed by atoms with E-state index >= 15 is 0 Å². The lowest BCUT2D eigenvalue weighted by Crippen LogP contribution is -2.47. The smallest absolute Gasteiger partial charge is 0.407 e. The molecule has 3 atom stereocenters. The van der Waals surface area contributed by atoms with E-state index in [1.54, 1.807) is 11.7 Å². The third kappa shape index (κ3) is 8.67. The van der Waals surface area contributed by atoms with Crippen molar-refractivity contribution in [3.05, 3.63) is 88.4 Å². The fourth-order valence-electron chi connectivity index (χ4n) is 3.27. The number of aliphatic hydroxyl groups excluding tert-OH is 1. The predicted octanol–water partition coefficient (Wildman–Crippen LogP) is 3.72. The molecule has 166 valence electrons. The molecular weight excluding hydrogens is 434 g/mol. The van der Waals surface area contributed by atoms with Gasteiger partial charge in [-0.25, -0.2) is 4.79 Å². The van der Waals surface area contributed by atoms with Gasteiger partial charge in [-0.3, -0.25) is 4.98 Å². The number of alkyl carbamates (subject to hydrolysis) is 1. The summed E-state index contributed by atoms with van der Waals surface area (Å²) in [6.07, 6.45) is 1.79. The summed E-state index contributed by atoms with van der Waals surface area (Å²) in [6.45, 7) is 0.151. The fourth-order valence-corrected chi connectivity index (χ4v) is 3.77. The minimum atomic E-state index is -0.806. The number of hydrogen-bond acceptors (Lipinski definition) is 6. The Kier molecular flexibility index (Phi) is 10.5. The van der Waals surface area contributed by atoms with Gasteiger partial charge in [0.15, 0.2) is 0 Å². The highest BCUT2D eigenvalue weighted by atomic mass is 35.5. The van der Waals surface area contributed by atoms with Crippen molar-refractivity contribution in [3.8, 4) is 0 Å². The van der Waals surface area contributed by atoms with E-state index in [1.807, 2.05) is 60.7 Å². The zero-order valence-corrected chi connectivity index (χ0v) is 18.7. The van der Waals surface area contributed by atoms with Gasteiger partial charge in [-0.05, 0) is 30.4 Å². The lowest BCUT2D eigenvalue weighted by Gasteiger charge is -2.26. The van der Waals surface area contributed by atoms with Gasteiger partial charge in [0.2, 0.25) is 0 Å². The number of nitrogens with two attached hydrogens (primary N) is 1. The van der Waals surface area contributed by atoms with E-state index in [2.05, 4.69) is 10.3 Å². The van der Waals surface area contributed by atoms with Crippen LogP contribution < -0.4 is 11.1 Å². The van der Waals surface area contributed by atoms with Crippen LogP contribution in [0.2, 0.25) is 0 Å². The summed E-state index contributed by atoms with van der Waals surface area (Å²) in [5.41, 5.74) is 10.1. The van der Waals surface area contributed by atoms with Crippen molar-refractivity contribution >= 4 is 29.8 Å². The molecule has 2 aromatic carbocycles. The summed E-state index contributed by atoms with van der Waals surface area (Å²) in [5.74, 6) is 0. The molecule has 31 heavy (non-hydrogen) atoms. The molecule has 0 aliphatic carbocycles. The second kappa shape index (κ2) is 13.1. The molecule has 1 aromatic heterocycles. The lowest BCUT2D eigenvalue weighted by molar-refractivity contribution is 0.0925. The molecule has 0 radical (unpaired) electrons. The second-order valence-electron chi connectivity index (χ2n) is 7.24. The van der Waals surface area contributed by atoms with Crippen molar-refractivity contribution in [2.24, 2.45) is 5.73 Å². The Hall–Kier alpha value is -2.45. The monoisotopic (exact) mass is 461 g/mol. The van der Waals surface area contributed by atoms with Crippen LogP contribution in [0.25, 0.3) is 0 Å². The lowest BCUT2D eigenvalue weighted by atomic mass is 9.94. The number of aromatic nitrogens is 1. The van der Waals surface area contributed by atoms with Crippen LogP contribution >= 0.6 is 23.7 Å². The first-order valence-electron chi connectivity index (χ1n) is 9.92. The van der Waals surface area contributed by atoms with Crippen molar-refractivity contribution in [1.29, 1.82) is 0 Å². The van der Waals surface area contributed by atoms with Gasteiger partial charge in [-0.15, -0.1) is 23.7 Å². The van der Waals surface area contributed by atoms with Crippen LogP contribution in [-0.2, 0) is 24.2 Å². The quantitative estimate of drug-likeness (QED) is 0.427. The summed E-state index contributed by atoms with van der Waals surface area (Å²) in [7, 11) is 0. The average Bonchev–Trinajstić information content (AvgIpc) is 3.27. The Bertz CT molecular complexity index is 882. The summed E-state index contributed by atoms with van der Waals surface area (Å²) >= 11 is 1.42. The molecule has 0 aliphatic heterocycles. The summed E-state index contributed by atoms with van der Waals surface area (Å²) in [6, 6.07) is 18.9. The maximum absolute atomic E-state index is 12.3. The Morgan fingerprint density at radius 2 is 1.68 bits per heavy atom. The van der Waals surface area contributed by atoms with Crippen molar-refractivity contribution in [2.45, 2.75) is 44.1 Å². The number of thiazole rings is 1. The van der Waals surface area contributed by atoms with Crippen LogP contribution in [0.4, 0.5) is 4.79 Å². The van der Waals surface area contributed by atoms with E-state index in [4.69, 9.17) is 10.5 Å². The predicted molar refractivity (Wildman–Crippen MR) is 125 cm³/mol. The Labute approximate surface area is 192 Å². The Morgan fingerprint density at radius 3 is 2.26 bits per heavy atom. The van der Waals surface area contributed by atoms with Crippen LogP contribution in [-0.4, -0.2) is 34.4 Å². The third-order valence-electron chi connectivity index (χ3n) is 4.78. The molecule has 4 N–H and O–H groups in total. The molecule has 0 fully saturated rings. The van der Waals surface area contributed by atoms with Crippen molar-refractivity contribution in [2.75, 3.05) is 0 Å². The van der Waals surface area contributed by atoms with Gasteiger partial charge in [0.1, 0.15) is 6.61 Å². The average molecular weight is 462 g/mol. The van der Waals surface area contributed by atoms with Crippen LogP contribution in [0.1, 0.15) is 22.4 Å². The van der Waals surface area contributed by atoms with E-state index in [9.17, 15) is 9.90 Å². The first-order valence-corrected chi connectivity index (χ1v) is 10.8. The maximum atomic E-state index is 12.3. The standard InChI is InChI=1S/C23H27N3O3S.ClH/c24-19(11-17-7-3-1-4-8-17)13-22(27)21(12-18-9-5-2-6-10-18)26-23(28)29-15-20-14-25-16-30-20;/h1-10,14,16,19,21-22,27H,11-13,15,24H2,(H,26,28);1H/t19-,21+,22-;/m0./s1. The van der Waals surface area contributed by atoms with Crippen molar-refractivity contribution in [3.63, 3.8) is 0 Å². The molecule has 0 spiro atoms. The number of carbonyl (C=O) groups excluding carboxylic acids is 1. The Morgan fingerprint density at radius 1 is 1.06 bits per heavy atom. The van der Waals surface area contributed by atoms with Gasteiger partial charge in [-0.1, -0.05) is 60.7 Å². The number of halogens is 1. The van der Waals surface area contributed by atoms with Gasteiger partial charge in [0.25, 0.3) is 0 Å². The molecule has 1 amide bonds. The van der Waals surface area contributed by atoms with E-state index in [1.165, 1.54) is 11.3 Å². The van der Waals surface area contributed by atoms with Crippen molar-refractivity contribution < 1.29 is 14.6 Å².